The van der Waals surface area contributed by atoms with Crippen LogP contribution >= 0.6 is 0 Å². The van der Waals surface area contributed by atoms with Crippen molar-refractivity contribution in [2.45, 2.75) is 117 Å². The van der Waals surface area contributed by atoms with Crippen LogP contribution in [-0.4, -0.2) is 49.3 Å². The first-order valence-corrected chi connectivity index (χ1v) is 12.0. The second kappa shape index (κ2) is 19.1. The maximum atomic E-state index is 11.6. The summed E-state index contributed by atoms with van der Waals surface area (Å²) in [6.07, 6.45) is 10.8. The Labute approximate surface area is 198 Å². The van der Waals surface area contributed by atoms with E-state index in [1.807, 2.05) is 6.92 Å². The van der Waals surface area contributed by atoms with Crippen molar-refractivity contribution in [1.29, 1.82) is 0 Å². The quantitative estimate of drug-likeness (QED) is 0.121. The zero-order valence-corrected chi connectivity index (χ0v) is 20.9. The number of hydrogen-bond acceptors (Lipinski definition) is 8. The summed E-state index contributed by atoms with van der Waals surface area (Å²) in [6, 6.07) is 0. The highest BCUT2D eigenvalue weighted by atomic mass is 16.6. The summed E-state index contributed by atoms with van der Waals surface area (Å²) in [4.78, 5) is 45.7. The third-order valence-electron chi connectivity index (χ3n) is 4.99. The van der Waals surface area contributed by atoms with E-state index in [0.29, 0.717) is 19.3 Å². The standard InChI is InChI=1S/C25H42O8/c1-6-14-22(31-19(2)26)17-18-24(33-21(4)28)23(32-20(3)27)15-12-10-8-7-9-11-13-16-25(29)30-5/h17-18,22-24H,6-16H2,1-5H3. The van der Waals surface area contributed by atoms with Gasteiger partial charge < -0.3 is 18.9 Å². The van der Waals surface area contributed by atoms with Gasteiger partial charge in [-0.15, -0.1) is 0 Å². The second-order valence-electron chi connectivity index (χ2n) is 8.13. The van der Waals surface area contributed by atoms with Crippen molar-refractivity contribution in [3.63, 3.8) is 0 Å². The van der Waals surface area contributed by atoms with Crippen molar-refractivity contribution >= 4 is 23.9 Å². The first kappa shape index (κ1) is 30.6. The minimum absolute atomic E-state index is 0.170. The Bertz CT molecular complexity index is 614. The number of carbonyl (C=O) groups is 4. The van der Waals surface area contributed by atoms with Crippen molar-refractivity contribution in [1.82, 2.24) is 0 Å². The molecule has 0 aromatic carbocycles. The van der Waals surface area contributed by atoms with Gasteiger partial charge in [0.15, 0.2) is 6.10 Å². The van der Waals surface area contributed by atoms with Crippen LogP contribution in [0.15, 0.2) is 12.2 Å². The first-order chi connectivity index (χ1) is 15.7. The number of esters is 4. The highest BCUT2D eigenvalue weighted by Crippen LogP contribution is 2.18. The Morgan fingerprint density at radius 3 is 1.76 bits per heavy atom. The van der Waals surface area contributed by atoms with Gasteiger partial charge in [-0.1, -0.05) is 45.4 Å². The van der Waals surface area contributed by atoms with Crippen molar-refractivity contribution in [2.75, 3.05) is 7.11 Å². The predicted molar refractivity (Wildman–Crippen MR) is 124 cm³/mol. The fraction of sp³-hybridized carbons (Fsp3) is 0.760. The van der Waals surface area contributed by atoms with Gasteiger partial charge in [0, 0.05) is 27.2 Å². The molecule has 0 aliphatic rings. The summed E-state index contributed by atoms with van der Waals surface area (Å²) in [7, 11) is 1.40. The Morgan fingerprint density at radius 2 is 1.24 bits per heavy atom. The smallest absolute Gasteiger partial charge is 0.305 e. The van der Waals surface area contributed by atoms with Gasteiger partial charge in [0.1, 0.15) is 12.2 Å². The van der Waals surface area contributed by atoms with E-state index in [1.54, 1.807) is 12.2 Å². The lowest BCUT2D eigenvalue weighted by atomic mass is 10.0. The SMILES string of the molecule is CCCC(C=CC(OC(C)=O)C(CCCCCCCCCC(=O)OC)OC(C)=O)OC(C)=O. The Hall–Kier alpha value is -2.38. The molecule has 0 rings (SSSR count). The summed E-state index contributed by atoms with van der Waals surface area (Å²) < 4.78 is 20.8. The maximum Gasteiger partial charge on any atom is 0.305 e. The molecule has 0 amide bonds. The molecule has 0 N–H and O–H groups in total. The fourth-order valence-corrected chi connectivity index (χ4v) is 3.46. The van der Waals surface area contributed by atoms with Crippen LogP contribution in [0.4, 0.5) is 0 Å². The second-order valence-corrected chi connectivity index (χ2v) is 8.13. The molecule has 3 atom stereocenters. The molecular formula is C25H42O8. The van der Waals surface area contributed by atoms with E-state index >= 15 is 0 Å². The molecule has 0 radical (unpaired) electrons. The number of hydrogen-bond donors (Lipinski definition) is 0. The van der Waals surface area contributed by atoms with Crippen molar-refractivity contribution in [3.05, 3.63) is 12.2 Å². The van der Waals surface area contributed by atoms with Gasteiger partial charge in [-0.3, -0.25) is 19.2 Å². The fourth-order valence-electron chi connectivity index (χ4n) is 3.46. The Balaban J connectivity index is 4.75. The molecule has 0 aromatic heterocycles. The number of carbonyl (C=O) groups excluding carboxylic acids is 4. The molecule has 0 aliphatic heterocycles. The molecule has 0 bridgehead atoms. The van der Waals surface area contributed by atoms with Gasteiger partial charge in [0.05, 0.1) is 7.11 Å². The molecule has 8 heteroatoms. The largest absolute Gasteiger partial charge is 0.469 e. The number of ether oxygens (including phenoxy) is 4. The Kier molecular flexibility index (Phi) is 17.7. The zero-order valence-electron chi connectivity index (χ0n) is 20.9. The topological polar surface area (TPSA) is 105 Å². The first-order valence-electron chi connectivity index (χ1n) is 12.0. The van der Waals surface area contributed by atoms with Crippen LogP contribution in [0.5, 0.6) is 0 Å². The average molecular weight is 471 g/mol. The molecule has 0 spiro atoms. The summed E-state index contributed by atoms with van der Waals surface area (Å²) >= 11 is 0. The highest BCUT2D eigenvalue weighted by Gasteiger charge is 2.25. The van der Waals surface area contributed by atoms with Gasteiger partial charge in [-0.25, -0.2) is 0 Å². The van der Waals surface area contributed by atoms with Crippen LogP contribution in [-0.2, 0) is 38.1 Å². The molecule has 8 nitrogen and oxygen atoms in total. The number of methoxy groups -OCH3 is 1. The van der Waals surface area contributed by atoms with E-state index in [4.69, 9.17) is 14.2 Å². The zero-order chi connectivity index (χ0) is 25.1. The lowest BCUT2D eigenvalue weighted by molar-refractivity contribution is -0.162. The number of unbranched alkanes of at least 4 members (excludes halogenated alkanes) is 6. The molecule has 0 saturated heterocycles. The van der Waals surface area contributed by atoms with Crippen LogP contribution in [0.25, 0.3) is 0 Å². The normalized spacial score (nSPS) is 13.7. The highest BCUT2D eigenvalue weighted by molar-refractivity contribution is 5.69. The van der Waals surface area contributed by atoms with Gasteiger partial charge in [-0.05, 0) is 37.8 Å². The van der Waals surface area contributed by atoms with E-state index < -0.39 is 30.3 Å². The molecule has 33 heavy (non-hydrogen) atoms. The minimum atomic E-state index is -0.750. The maximum absolute atomic E-state index is 11.6. The third kappa shape index (κ3) is 17.8. The number of rotatable bonds is 18. The van der Waals surface area contributed by atoms with Crippen molar-refractivity contribution in [2.24, 2.45) is 0 Å². The molecule has 3 unspecified atom stereocenters. The van der Waals surface area contributed by atoms with Crippen LogP contribution < -0.4 is 0 Å². The molecule has 190 valence electrons. The molecule has 0 saturated carbocycles. The van der Waals surface area contributed by atoms with Crippen LogP contribution in [0, 0.1) is 0 Å². The van der Waals surface area contributed by atoms with E-state index in [1.165, 1.54) is 27.9 Å². The van der Waals surface area contributed by atoms with Gasteiger partial charge in [0.2, 0.25) is 0 Å². The van der Waals surface area contributed by atoms with Crippen LogP contribution in [0.3, 0.4) is 0 Å². The lowest BCUT2D eigenvalue weighted by Gasteiger charge is -2.24. The van der Waals surface area contributed by atoms with Gasteiger partial charge in [-0.2, -0.15) is 0 Å². The van der Waals surface area contributed by atoms with E-state index in [2.05, 4.69) is 4.74 Å². The van der Waals surface area contributed by atoms with Gasteiger partial charge >= 0.3 is 23.9 Å². The molecule has 0 aliphatic carbocycles. The lowest BCUT2D eigenvalue weighted by Crippen LogP contribution is -2.33. The molecule has 0 heterocycles. The van der Waals surface area contributed by atoms with Crippen molar-refractivity contribution in [3.8, 4) is 0 Å². The van der Waals surface area contributed by atoms with Gasteiger partial charge in [0.25, 0.3) is 0 Å². The third-order valence-corrected chi connectivity index (χ3v) is 4.99. The monoisotopic (exact) mass is 470 g/mol. The average Bonchev–Trinajstić information content (AvgIpc) is 2.73. The summed E-state index contributed by atoms with van der Waals surface area (Å²) in [5.74, 6) is -1.48. The molecule has 0 fully saturated rings. The van der Waals surface area contributed by atoms with Crippen molar-refractivity contribution < 1.29 is 38.1 Å². The summed E-state index contributed by atoms with van der Waals surface area (Å²) in [5.41, 5.74) is 0. The van der Waals surface area contributed by atoms with Crippen LogP contribution in [0.2, 0.25) is 0 Å². The summed E-state index contributed by atoms with van der Waals surface area (Å²) in [5, 5.41) is 0. The van der Waals surface area contributed by atoms with E-state index in [9.17, 15) is 19.2 Å². The molecule has 0 aromatic rings. The Morgan fingerprint density at radius 1 is 0.697 bits per heavy atom. The van der Waals surface area contributed by atoms with E-state index in [0.717, 1.165) is 51.4 Å². The molecular weight excluding hydrogens is 428 g/mol. The minimum Gasteiger partial charge on any atom is -0.469 e. The van der Waals surface area contributed by atoms with Crippen LogP contribution in [0.1, 0.15) is 98.3 Å². The predicted octanol–water partition coefficient (Wildman–Crippen LogP) is 4.82. The summed E-state index contributed by atoms with van der Waals surface area (Å²) in [6.45, 7) is 5.96. The van der Waals surface area contributed by atoms with E-state index in [-0.39, 0.29) is 11.9 Å².